The number of nitrogens with one attached hydrogen (secondary N) is 2. The van der Waals surface area contributed by atoms with Crippen molar-refractivity contribution in [1.29, 1.82) is 0 Å². The first kappa shape index (κ1) is 15.0. The van der Waals surface area contributed by atoms with Crippen LogP contribution in [0.3, 0.4) is 0 Å². The third kappa shape index (κ3) is 4.87. The molecule has 2 N–H and O–H groups in total. The highest BCUT2D eigenvalue weighted by Gasteiger charge is 2.04. The lowest BCUT2D eigenvalue weighted by atomic mass is 10.2. The number of rotatable bonds is 6. The van der Waals surface area contributed by atoms with Crippen molar-refractivity contribution in [3.8, 4) is 0 Å². The van der Waals surface area contributed by atoms with Crippen molar-refractivity contribution in [2.24, 2.45) is 0 Å². The summed E-state index contributed by atoms with van der Waals surface area (Å²) >= 11 is 0. The van der Waals surface area contributed by atoms with E-state index in [9.17, 15) is 9.18 Å². The number of nitrogens with zero attached hydrogens (tertiary/aromatic N) is 1. The van der Waals surface area contributed by atoms with Crippen molar-refractivity contribution >= 4 is 11.7 Å². The van der Waals surface area contributed by atoms with Crippen LogP contribution in [0.4, 0.5) is 10.2 Å². The number of aryl methyl sites for hydroxylation is 1. The number of pyridine rings is 1. The Hall–Kier alpha value is -2.43. The monoisotopic (exact) mass is 287 g/mol. The van der Waals surface area contributed by atoms with E-state index in [-0.39, 0.29) is 11.7 Å². The van der Waals surface area contributed by atoms with E-state index in [1.165, 1.54) is 24.3 Å². The topological polar surface area (TPSA) is 54.0 Å². The van der Waals surface area contributed by atoms with E-state index in [0.717, 1.165) is 24.5 Å². The molecule has 4 nitrogen and oxygen atoms in total. The average molecular weight is 287 g/mol. The number of benzene rings is 1. The van der Waals surface area contributed by atoms with E-state index in [0.29, 0.717) is 12.1 Å². The molecule has 0 atom stereocenters. The minimum atomic E-state index is -0.346. The number of anilines is 1. The SMILES string of the molecule is Cc1cccc(NCCCNC(=O)c2ccc(F)cc2)n1. The molecule has 0 unspecified atom stereocenters. The summed E-state index contributed by atoms with van der Waals surface area (Å²) in [7, 11) is 0. The Kier molecular flexibility index (Phi) is 5.26. The van der Waals surface area contributed by atoms with Gasteiger partial charge in [-0.25, -0.2) is 9.37 Å². The Morgan fingerprint density at radius 1 is 1.14 bits per heavy atom. The minimum absolute atomic E-state index is 0.191. The van der Waals surface area contributed by atoms with Gasteiger partial charge in [0.15, 0.2) is 0 Å². The number of amides is 1. The molecule has 1 aromatic heterocycles. The van der Waals surface area contributed by atoms with E-state index in [4.69, 9.17) is 0 Å². The second-order valence-electron chi connectivity index (χ2n) is 4.71. The standard InChI is InChI=1S/C16H18FN3O/c1-12-4-2-5-15(20-12)18-10-3-11-19-16(21)13-6-8-14(17)9-7-13/h2,4-9H,3,10-11H2,1H3,(H,18,20)(H,19,21). The fraction of sp³-hybridized carbons (Fsp3) is 0.250. The maximum atomic E-state index is 12.7. The fourth-order valence-electron chi connectivity index (χ4n) is 1.85. The number of carbonyl (C=O) groups is 1. The van der Waals surface area contributed by atoms with Crippen molar-refractivity contribution in [2.45, 2.75) is 13.3 Å². The van der Waals surface area contributed by atoms with Gasteiger partial charge >= 0.3 is 0 Å². The highest BCUT2D eigenvalue weighted by molar-refractivity contribution is 5.94. The van der Waals surface area contributed by atoms with Crippen molar-refractivity contribution in [3.05, 3.63) is 59.5 Å². The van der Waals surface area contributed by atoms with E-state index >= 15 is 0 Å². The summed E-state index contributed by atoms with van der Waals surface area (Å²) in [4.78, 5) is 16.1. The molecule has 110 valence electrons. The molecular weight excluding hydrogens is 269 g/mol. The minimum Gasteiger partial charge on any atom is -0.370 e. The zero-order valence-corrected chi connectivity index (χ0v) is 11.9. The molecule has 0 saturated heterocycles. The van der Waals surface area contributed by atoms with Gasteiger partial charge in [-0.1, -0.05) is 6.07 Å². The third-order valence-electron chi connectivity index (χ3n) is 2.94. The van der Waals surface area contributed by atoms with Crippen LogP contribution in [0.1, 0.15) is 22.5 Å². The van der Waals surface area contributed by atoms with Crippen molar-refractivity contribution < 1.29 is 9.18 Å². The zero-order valence-electron chi connectivity index (χ0n) is 11.9. The summed E-state index contributed by atoms with van der Waals surface area (Å²) in [5, 5.41) is 5.99. The Morgan fingerprint density at radius 3 is 2.62 bits per heavy atom. The average Bonchev–Trinajstić information content (AvgIpc) is 2.47. The predicted octanol–water partition coefficient (Wildman–Crippen LogP) is 2.76. The van der Waals surface area contributed by atoms with E-state index in [2.05, 4.69) is 15.6 Å². The Bertz CT molecular complexity index is 599. The van der Waals surface area contributed by atoms with E-state index in [1.807, 2.05) is 25.1 Å². The number of hydrogen-bond donors (Lipinski definition) is 2. The molecule has 5 heteroatoms. The zero-order chi connectivity index (χ0) is 15.1. The molecule has 0 spiro atoms. The van der Waals surface area contributed by atoms with Crippen LogP contribution in [-0.4, -0.2) is 24.0 Å². The smallest absolute Gasteiger partial charge is 0.251 e. The summed E-state index contributed by atoms with van der Waals surface area (Å²) in [6.45, 7) is 3.21. The number of hydrogen-bond acceptors (Lipinski definition) is 3. The molecule has 0 aliphatic rings. The Labute approximate surface area is 123 Å². The van der Waals surface area contributed by atoms with Crippen LogP contribution in [0.15, 0.2) is 42.5 Å². The van der Waals surface area contributed by atoms with Crippen LogP contribution in [0.5, 0.6) is 0 Å². The highest BCUT2D eigenvalue weighted by Crippen LogP contribution is 2.04. The molecule has 2 rings (SSSR count). The van der Waals surface area contributed by atoms with Crippen LogP contribution in [0, 0.1) is 12.7 Å². The van der Waals surface area contributed by atoms with Crippen LogP contribution < -0.4 is 10.6 Å². The third-order valence-corrected chi connectivity index (χ3v) is 2.94. The second-order valence-corrected chi connectivity index (χ2v) is 4.71. The van der Waals surface area contributed by atoms with Gasteiger partial charge in [0.25, 0.3) is 5.91 Å². The quantitative estimate of drug-likeness (QED) is 0.803. The van der Waals surface area contributed by atoms with Gasteiger partial charge in [-0.05, 0) is 49.7 Å². The summed E-state index contributed by atoms with van der Waals surface area (Å²) < 4.78 is 12.7. The molecule has 0 fully saturated rings. The highest BCUT2D eigenvalue weighted by atomic mass is 19.1. The molecule has 0 aliphatic carbocycles. The second kappa shape index (κ2) is 7.38. The van der Waals surface area contributed by atoms with Crippen LogP contribution in [-0.2, 0) is 0 Å². The lowest BCUT2D eigenvalue weighted by Crippen LogP contribution is -2.25. The number of carbonyl (C=O) groups excluding carboxylic acids is 1. The maximum Gasteiger partial charge on any atom is 0.251 e. The van der Waals surface area contributed by atoms with E-state index < -0.39 is 0 Å². The van der Waals surface area contributed by atoms with Crippen LogP contribution in [0.25, 0.3) is 0 Å². The molecule has 0 aliphatic heterocycles. The predicted molar refractivity (Wildman–Crippen MR) is 80.8 cm³/mol. The van der Waals surface area contributed by atoms with E-state index in [1.54, 1.807) is 0 Å². The van der Waals surface area contributed by atoms with Crippen LogP contribution >= 0.6 is 0 Å². The van der Waals surface area contributed by atoms with Crippen LogP contribution in [0.2, 0.25) is 0 Å². The maximum absolute atomic E-state index is 12.7. The lowest BCUT2D eigenvalue weighted by molar-refractivity contribution is 0.0953. The first-order valence-corrected chi connectivity index (χ1v) is 6.86. The largest absolute Gasteiger partial charge is 0.370 e. The van der Waals surface area contributed by atoms with Crippen molar-refractivity contribution in [1.82, 2.24) is 10.3 Å². The van der Waals surface area contributed by atoms with Crippen molar-refractivity contribution in [3.63, 3.8) is 0 Å². The van der Waals surface area contributed by atoms with Gasteiger partial charge < -0.3 is 10.6 Å². The summed E-state index contributed by atoms with van der Waals surface area (Å²) in [5.41, 5.74) is 1.43. The summed E-state index contributed by atoms with van der Waals surface area (Å²) in [6, 6.07) is 11.3. The molecular formula is C16H18FN3O. The lowest BCUT2D eigenvalue weighted by Gasteiger charge is -2.07. The summed E-state index contributed by atoms with van der Waals surface area (Å²) in [5.74, 6) is 0.296. The molecule has 1 amide bonds. The van der Waals surface area contributed by atoms with Crippen molar-refractivity contribution in [2.75, 3.05) is 18.4 Å². The van der Waals surface area contributed by atoms with Gasteiger partial charge in [0.1, 0.15) is 11.6 Å². The molecule has 21 heavy (non-hydrogen) atoms. The molecule has 0 bridgehead atoms. The molecule has 0 saturated carbocycles. The van der Waals surface area contributed by atoms with Gasteiger partial charge in [0.05, 0.1) is 0 Å². The molecule has 0 radical (unpaired) electrons. The molecule has 1 aromatic carbocycles. The number of aromatic nitrogens is 1. The van der Waals surface area contributed by atoms with Gasteiger partial charge in [0.2, 0.25) is 0 Å². The molecule has 2 aromatic rings. The fourth-order valence-corrected chi connectivity index (χ4v) is 1.85. The Balaban J connectivity index is 1.68. The van der Waals surface area contributed by atoms with Gasteiger partial charge in [-0.2, -0.15) is 0 Å². The first-order chi connectivity index (χ1) is 10.1. The molecule has 1 heterocycles. The normalized spacial score (nSPS) is 10.2. The van der Waals surface area contributed by atoms with Gasteiger partial charge in [0, 0.05) is 24.3 Å². The van der Waals surface area contributed by atoms with Gasteiger partial charge in [-0.15, -0.1) is 0 Å². The summed E-state index contributed by atoms with van der Waals surface area (Å²) in [6.07, 6.45) is 0.780. The first-order valence-electron chi connectivity index (χ1n) is 6.86. The Morgan fingerprint density at radius 2 is 1.90 bits per heavy atom. The van der Waals surface area contributed by atoms with Gasteiger partial charge in [-0.3, -0.25) is 4.79 Å². The number of halogens is 1.